The molecule has 5 nitrogen and oxygen atoms in total. The number of rotatable bonds is 2. The van der Waals surface area contributed by atoms with E-state index in [9.17, 15) is 4.79 Å². The zero-order valence-electron chi connectivity index (χ0n) is 11.6. The minimum atomic E-state index is -0.305. The number of carbonyl (C=O) groups excluding carboxylic acids is 1. The number of H-pyrrole nitrogens is 1. The molecule has 0 atom stereocenters. The first-order valence-corrected chi connectivity index (χ1v) is 6.18. The first kappa shape index (κ1) is 13.3. The van der Waals surface area contributed by atoms with Gasteiger partial charge in [0.25, 0.3) is 5.91 Å². The van der Waals surface area contributed by atoms with E-state index < -0.39 is 0 Å². The predicted molar refractivity (Wildman–Crippen MR) is 74.2 cm³/mol. The van der Waals surface area contributed by atoms with E-state index in [4.69, 9.17) is 0 Å². The van der Waals surface area contributed by atoms with Crippen LogP contribution in [-0.4, -0.2) is 21.1 Å². The van der Waals surface area contributed by atoms with Crippen LogP contribution in [-0.2, 0) is 5.41 Å². The summed E-state index contributed by atoms with van der Waals surface area (Å²) in [5.41, 5.74) is 1.83. The molecule has 0 saturated heterocycles. The molecular weight excluding hydrogens is 240 g/mol. The number of anilines is 1. The lowest BCUT2D eigenvalue weighted by Gasteiger charge is -2.22. The largest absolute Gasteiger partial charge is 0.319 e. The van der Waals surface area contributed by atoms with E-state index in [1.807, 2.05) is 24.3 Å². The van der Waals surface area contributed by atoms with Crippen LogP contribution in [0.4, 0.5) is 5.69 Å². The van der Waals surface area contributed by atoms with E-state index in [2.05, 4.69) is 41.3 Å². The molecule has 19 heavy (non-hydrogen) atoms. The summed E-state index contributed by atoms with van der Waals surface area (Å²) in [6, 6.07) is 7.76. The summed E-state index contributed by atoms with van der Waals surface area (Å²) in [6.07, 6.45) is 0. The van der Waals surface area contributed by atoms with Gasteiger partial charge in [0, 0.05) is 5.69 Å². The van der Waals surface area contributed by atoms with Crippen molar-refractivity contribution in [1.29, 1.82) is 0 Å². The maximum atomic E-state index is 12.1. The Morgan fingerprint density at radius 2 is 1.95 bits per heavy atom. The third-order valence-electron chi connectivity index (χ3n) is 2.78. The molecule has 1 aromatic carbocycles. The quantitative estimate of drug-likeness (QED) is 0.870. The molecule has 0 fully saturated rings. The van der Waals surface area contributed by atoms with Gasteiger partial charge in [0.05, 0.1) is 0 Å². The Morgan fingerprint density at radius 3 is 2.53 bits per heavy atom. The van der Waals surface area contributed by atoms with Gasteiger partial charge in [-0.2, -0.15) is 0 Å². The highest BCUT2D eigenvalue weighted by Crippen LogP contribution is 2.29. The van der Waals surface area contributed by atoms with Crippen LogP contribution in [0.2, 0.25) is 0 Å². The molecule has 5 heteroatoms. The first-order valence-electron chi connectivity index (χ1n) is 6.18. The van der Waals surface area contributed by atoms with Crippen LogP contribution in [0.3, 0.4) is 0 Å². The van der Waals surface area contributed by atoms with Crippen molar-refractivity contribution in [3.63, 3.8) is 0 Å². The van der Waals surface area contributed by atoms with Crippen LogP contribution in [0.5, 0.6) is 0 Å². The van der Waals surface area contributed by atoms with Crippen molar-refractivity contribution in [2.45, 2.75) is 33.1 Å². The molecular formula is C14H18N4O. The lowest BCUT2D eigenvalue weighted by Crippen LogP contribution is -2.19. The van der Waals surface area contributed by atoms with Crippen molar-refractivity contribution in [2.75, 3.05) is 5.32 Å². The van der Waals surface area contributed by atoms with E-state index in [0.717, 1.165) is 11.3 Å². The van der Waals surface area contributed by atoms with Crippen LogP contribution >= 0.6 is 0 Å². The molecule has 2 rings (SSSR count). The van der Waals surface area contributed by atoms with Crippen molar-refractivity contribution in [1.82, 2.24) is 15.2 Å². The van der Waals surface area contributed by atoms with E-state index >= 15 is 0 Å². The summed E-state index contributed by atoms with van der Waals surface area (Å²) in [5.74, 6) is 0.469. The third kappa shape index (κ3) is 2.99. The normalized spacial score (nSPS) is 11.4. The van der Waals surface area contributed by atoms with Gasteiger partial charge in [0.15, 0.2) is 0 Å². The zero-order chi connectivity index (χ0) is 14.0. The summed E-state index contributed by atoms with van der Waals surface area (Å²) in [4.78, 5) is 16.1. The Hall–Kier alpha value is -2.17. The van der Waals surface area contributed by atoms with Gasteiger partial charge in [0.1, 0.15) is 5.82 Å². The second-order valence-corrected chi connectivity index (χ2v) is 5.49. The van der Waals surface area contributed by atoms with Crippen molar-refractivity contribution in [3.05, 3.63) is 41.5 Å². The summed E-state index contributed by atoms with van der Waals surface area (Å²) in [5, 5.41) is 9.38. The summed E-state index contributed by atoms with van der Waals surface area (Å²) in [7, 11) is 0. The van der Waals surface area contributed by atoms with E-state index in [0.29, 0.717) is 5.82 Å². The molecule has 0 aliphatic carbocycles. The highest BCUT2D eigenvalue weighted by Gasteiger charge is 2.20. The number of benzene rings is 1. The van der Waals surface area contributed by atoms with Gasteiger partial charge >= 0.3 is 0 Å². The second-order valence-electron chi connectivity index (χ2n) is 5.49. The zero-order valence-corrected chi connectivity index (χ0v) is 11.6. The fraction of sp³-hybridized carbons (Fsp3) is 0.357. The molecule has 0 radical (unpaired) electrons. The number of para-hydroxylation sites is 1. The summed E-state index contributed by atoms with van der Waals surface area (Å²) < 4.78 is 0. The fourth-order valence-electron chi connectivity index (χ4n) is 1.87. The first-order chi connectivity index (χ1) is 8.88. The SMILES string of the molecule is Cc1nc(C(=O)Nc2ccccc2C(C)(C)C)n[nH]1. The molecule has 0 spiro atoms. The molecule has 2 aromatic rings. The lowest BCUT2D eigenvalue weighted by atomic mass is 9.86. The molecule has 2 N–H and O–H groups in total. The van der Waals surface area contributed by atoms with Crippen LogP contribution in [0.25, 0.3) is 0 Å². The number of aromatic amines is 1. The minimum absolute atomic E-state index is 0.0429. The minimum Gasteiger partial charge on any atom is -0.319 e. The Morgan fingerprint density at radius 1 is 1.26 bits per heavy atom. The van der Waals surface area contributed by atoms with Gasteiger partial charge in [-0.25, -0.2) is 4.98 Å². The highest BCUT2D eigenvalue weighted by atomic mass is 16.2. The molecule has 0 bridgehead atoms. The maximum absolute atomic E-state index is 12.1. The molecule has 0 saturated carbocycles. The predicted octanol–water partition coefficient (Wildman–Crippen LogP) is 2.66. The number of carbonyl (C=O) groups is 1. The van der Waals surface area contributed by atoms with Gasteiger partial charge in [-0.05, 0) is 24.0 Å². The number of nitrogens with zero attached hydrogens (tertiary/aromatic N) is 2. The Balaban J connectivity index is 2.27. The van der Waals surface area contributed by atoms with Crippen LogP contribution < -0.4 is 5.32 Å². The monoisotopic (exact) mass is 258 g/mol. The third-order valence-corrected chi connectivity index (χ3v) is 2.78. The maximum Gasteiger partial charge on any atom is 0.295 e. The fourth-order valence-corrected chi connectivity index (χ4v) is 1.87. The molecule has 1 aromatic heterocycles. The standard InChI is InChI=1S/C14H18N4O/c1-9-15-12(18-17-9)13(19)16-11-8-6-5-7-10(11)14(2,3)4/h5-8H,1-4H3,(H,16,19)(H,15,17,18). The van der Waals surface area contributed by atoms with Gasteiger partial charge in [0.2, 0.25) is 5.82 Å². The van der Waals surface area contributed by atoms with Gasteiger partial charge in [-0.1, -0.05) is 39.0 Å². The van der Waals surface area contributed by atoms with Gasteiger partial charge in [-0.3, -0.25) is 9.89 Å². The number of aromatic nitrogens is 3. The van der Waals surface area contributed by atoms with Crippen LogP contribution in [0, 0.1) is 6.92 Å². The smallest absolute Gasteiger partial charge is 0.295 e. The lowest BCUT2D eigenvalue weighted by molar-refractivity contribution is 0.101. The average molecular weight is 258 g/mol. The average Bonchev–Trinajstić information content (AvgIpc) is 2.75. The van der Waals surface area contributed by atoms with Crippen LogP contribution in [0.1, 0.15) is 42.8 Å². The van der Waals surface area contributed by atoms with Crippen LogP contribution in [0.15, 0.2) is 24.3 Å². The topological polar surface area (TPSA) is 70.7 Å². The number of nitrogens with one attached hydrogen (secondary N) is 2. The molecule has 1 amide bonds. The van der Waals surface area contributed by atoms with Gasteiger partial charge < -0.3 is 5.32 Å². The van der Waals surface area contributed by atoms with Crippen molar-refractivity contribution < 1.29 is 4.79 Å². The van der Waals surface area contributed by atoms with E-state index in [-0.39, 0.29) is 17.1 Å². The Labute approximate surface area is 112 Å². The molecule has 1 heterocycles. The molecule has 0 aliphatic heterocycles. The molecule has 0 aliphatic rings. The van der Waals surface area contributed by atoms with Crippen molar-refractivity contribution in [2.24, 2.45) is 0 Å². The number of hydrogen-bond donors (Lipinski definition) is 2. The van der Waals surface area contributed by atoms with E-state index in [1.165, 1.54) is 0 Å². The molecule has 100 valence electrons. The summed E-state index contributed by atoms with van der Waals surface area (Å²) >= 11 is 0. The number of hydrogen-bond acceptors (Lipinski definition) is 3. The highest BCUT2D eigenvalue weighted by molar-refractivity contribution is 6.02. The summed E-state index contributed by atoms with van der Waals surface area (Å²) in [6.45, 7) is 8.08. The molecule has 0 unspecified atom stereocenters. The number of amides is 1. The Bertz CT molecular complexity index is 595. The number of aryl methyl sites for hydroxylation is 1. The van der Waals surface area contributed by atoms with Crippen molar-refractivity contribution in [3.8, 4) is 0 Å². The van der Waals surface area contributed by atoms with Gasteiger partial charge in [-0.15, -0.1) is 5.10 Å². The van der Waals surface area contributed by atoms with E-state index in [1.54, 1.807) is 6.92 Å². The van der Waals surface area contributed by atoms with Crippen molar-refractivity contribution >= 4 is 11.6 Å². The Kier molecular flexibility index (Phi) is 3.38. The second kappa shape index (κ2) is 4.84.